The first kappa shape index (κ1) is 29.4. The van der Waals surface area contributed by atoms with E-state index in [2.05, 4.69) is 76.6 Å². The lowest BCUT2D eigenvalue weighted by Crippen LogP contribution is -2.19. The molecule has 2 heterocycles. The second kappa shape index (κ2) is 12.6. The second-order valence-corrected chi connectivity index (χ2v) is 10.7. The zero-order chi connectivity index (χ0) is 28.7. The standard InChI is InChI=1S/C33H38N2O.CH2O2/c1-8-33(6,7)28-18-16-21(2)30(23(28)4)31(27-13-11-19-34-24(27)5)22(3)15-17-26-20-25-12-9-10-14-29(25)35-32(26)36;2-1-3/h9-14,16,18-20,34H,5,8,15,17H2,1-4,6-7H3,(H,35,36);1H,(H,2,3)/b31-22-;. The molecule has 0 saturated carbocycles. The van der Waals surface area contributed by atoms with E-state index < -0.39 is 0 Å². The SMILES string of the molecule is C=C1NC=CC=C1/C(=C(\C)CCc1cc2ccccc2[nH]c1=O)c1c(C)ccc(C(C)(C)CC)c1C.O=CO. The highest BCUT2D eigenvalue weighted by Gasteiger charge is 2.26. The molecule has 1 aromatic heterocycles. The Morgan fingerprint density at radius 1 is 1.13 bits per heavy atom. The molecular formula is C34H40N2O3. The van der Waals surface area contributed by atoms with E-state index in [-0.39, 0.29) is 17.4 Å². The van der Waals surface area contributed by atoms with E-state index in [9.17, 15) is 4.79 Å². The number of pyridine rings is 1. The maximum Gasteiger partial charge on any atom is 0.290 e. The van der Waals surface area contributed by atoms with Crippen molar-refractivity contribution in [3.05, 3.63) is 122 Å². The van der Waals surface area contributed by atoms with Crippen molar-refractivity contribution in [1.29, 1.82) is 0 Å². The topological polar surface area (TPSA) is 82.2 Å². The summed E-state index contributed by atoms with van der Waals surface area (Å²) in [4.78, 5) is 24.2. The third kappa shape index (κ3) is 6.48. The summed E-state index contributed by atoms with van der Waals surface area (Å²) in [6, 6.07) is 14.5. The molecule has 3 aromatic rings. The Morgan fingerprint density at radius 3 is 2.49 bits per heavy atom. The van der Waals surface area contributed by atoms with Gasteiger partial charge in [0, 0.05) is 28.6 Å². The Kier molecular flexibility index (Phi) is 9.52. The maximum atomic E-state index is 12.8. The first-order valence-electron chi connectivity index (χ1n) is 13.4. The molecule has 0 amide bonds. The largest absolute Gasteiger partial charge is 0.483 e. The van der Waals surface area contributed by atoms with Crippen molar-refractivity contribution in [1.82, 2.24) is 10.3 Å². The fraction of sp³-hybridized carbons (Fsp3) is 0.294. The van der Waals surface area contributed by atoms with Gasteiger partial charge in [-0.25, -0.2) is 0 Å². The summed E-state index contributed by atoms with van der Waals surface area (Å²) in [7, 11) is 0. The normalized spacial score (nSPS) is 13.7. The molecule has 0 fully saturated rings. The predicted molar refractivity (Wildman–Crippen MR) is 163 cm³/mol. The third-order valence-electron chi connectivity index (χ3n) is 7.77. The summed E-state index contributed by atoms with van der Waals surface area (Å²) in [6.45, 7) is 17.6. The van der Waals surface area contributed by atoms with Gasteiger partial charge < -0.3 is 15.4 Å². The van der Waals surface area contributed by atoms with Gasteiger partial charge in [-0.2, -0.15) is 0 Å². The molecule has 0 aliphatic carbocycles. The number of dihydropyridines is 1. The number of aryl methyl sites for hydroxylation is 2. The van der Waals surface area contributed by atoms with Gasteiger partial charge in [0.2, 0.25) is 0 Å². The first-order valence-corrected chi connectivity index (χ1v) is 13.4. The highest BCUT2D eigenvalue weighted by Crippen LogP contribution is 2.40. The highest BCUT2D eigenvalue weighted by atomic mass is 16.3. The van der Waals surface area contributed by atoms with E-state index in [1.165, 1.54) is 33.4 Å². The molecule has 1 aliphatic heterocycles. The summed E-state index contributed by atoms with van der Waals surface area (Å²) in [5, 5.41) is 11.3. The maximum absolute atomic E-state index is 12.8. The van der Waals surface area contributed by atoms with Crippen LogP contribution in [0.2, 0.25) is 0 Å². The Bertz CT molecular complexity index is 1530. The molecule has 0 bridgehead atoms. The number of para-hydroxylation sites is 1. The van der Waals surface area contributed by atoms with Gasteiger partial charge in [-0.05, 0) is 96.9 Å². The van der Waals surface area contributed by atoms with Crippen LogP contribution in [-0.2, 0) is 16.6 Å². The molecule has 204 valence electrons. The van der Waals surface area contributed by atoms with E-state index in [1.807, 2.05) is 42.6 Å². The van der Waals surface area contributed by atoms with Crippen molar-refractivity contribution in [3.8, 4) is 0 Å². The predicted octanol–water partition coefficient (Wildman–Crippen LogP) is 7.50. The van der Waals surface area contributed by atoms with Crippen LogP contribution in [0.3, 0.4) is 0 Å². The number of rotatable bonds is 7. The molecule has 0 unspecified atom stereocenters. The van der Waals surface area contributed by atoms with Gasteiger partial charge >= 0.3 is 0 Å². The number of carboxylic acid groups (broad SMARTS) is 1. The van der Waals surface area contributed by atoms with E-state index in [0.717, 1.165) is 40.6 Å². The summed E-state index contributed by atoms with van der Waals surface area (Å²) in [5.74, 6) is 0. The zero-order valence-electron chi connectivity index (χ0n) is 23.9. The van der Waals surface area contributed by atoms with E-state index >= 15 is 0 Å². The molecule has 0 spiro atoms. The fourth-order valence-corrected chi connectivity index (χ4v) is 5.26. The van der Waals surface area contributed by atoms with E-state index in [0.29, 0.717) is 6.42 Å². The molecule has 0 saturated heterocycles. The molecular weight excluding hydrogens is 484 g/mol. The molecule has 3 N–H and O–H groups in total. The van der Waals surface area contributed by atoms with Gasteiger partial charge in [0.15, 0.2) is 0 Å². The van der Waals surface area contributed by atoms with Crippen molar-refractivity contribution in [2.45, 2.75) is 66.2 Å². The van der Waals surface area contributed by atoms with Crippen molar-refractivity contribution in [2.24, 2.45) is 0 Å². The van der Waals surface area contributed by atoms with Crippen molar-refractivity contribution in [2.75, 3.05) is 0 Å². The minimum Gasteiger partial charge on any atom is -0.483 e. The number of H-pyrrole nitrogens is 1. The number of allylic oxidation sites excluding steroid dienone is 4. The van der Waals surface area contributed by atoms with Crippen molar-refractivity contribution >= 4 is 22.9 Å². The smallest absolute Gasteiger partial charge is 0.290 e. The summed E-state index contributed by atoms with van der Waals surface area (Å²) in [6.07, 6.45) is 8.64. The Morgan fingerprint density at radius 2 is 1.82 bits per heavy atom. The lowest BCUT2D eigenvalue weighted by atomic mass is 9.75. The molecule has 5 nitrogen and oxygen atoms in total. The number of hydrogen-bond donors (Lipinski definition) is 3. The van der Waals surface area contributed by atoms with Gasteiger partial charge in [0.1, 0.15) is 0 Å². The van der Waals surface area contributed by atoms with Crippen LogP contribution in [0.4, 0.5) is 0 Å². The van der Waals surface area contributed by atoms with Gasteiger partial charge in [0.05, 0.1) is 0 Å². The molecule has 4 rings (SSSR count). The quantitative estimate of drug-likeness (QED) is 0.280. The first-order chi connectivity index (χ1) is 18.5. The van der Waals surface area contributed by atoms with Gasteiger partial charge in [-0.3, -0.25) is 9.59 Å². The van der Waals surface area contributed by atoms with E-state index in [4.69, 9.17) is 9.90 Å². The van der Waals surface area contributed by atoms with Crippen LogP contribution in [-0.4, -0.2) is 16.6 Å². The molecule has 39 heavy (non-hydrogen) atoms. The molecule has 1 aliphatic rings. The average molecular weight is 525 g/mol. The Labute approximate surface area is 231 Å². The fourth-order valence-electron chi connectivity index (χ4n) is 5.26. The summed E-state index contributed by atoms with van der Waals surface area (Å²) >= 11 is 0. The molecule has 0 radical (unpaired) electrons. The van der Waals surface area contributed by atoms with Crippen LogP contribution >= 0.6 is 0 Å². The number of hydrogen-bond acceptors (Lipinski definition) is 3. The number of aromatic nitrogens is 1. The van der Waals surface area contributed by atoms with E-state index in [1.54, 1.807) is 0 Å². The second-order valence-electron chi connectivity index (χ2n) is 10.7. The number of carbonyl (C=O) groups is 1. The van der Waals surface area contributed by atoms with Gasteiger partial charge in [0.25, 0.3) is 12.0 Å². The van der Waals surface area contributed by atoms with Gasteiger partial charge in [-0.15, -0.1) is 0 Å². The van der Waals surface area contributed by atoms with Crippen LogP contribution in [0.5, 0.6) is 0 Å². The van der Waals surface area contributed by atoms with Crippen LogP contribution in [0.25, 0.3) is 16.5 Å². The van der Waals surface area contributed by atoms with Gasteiger partial charge in [-0.1, -0.05) is 69.3 Å². The number of fused-ring (bicyclic) bond motifs is 1. The number of nitrogens with one attached hydrogen (secondary N) is 2. The van der Waals surface area contributed by atoms with Crippen LogP contribution in [0.15, 0.2) is 89.0 Å². The lowest BCUT2D eigenvalue weighted by molar-refractivity contribution is -0.122. The number of benzene rings is 2. The third-order valence-corrected chi connectivity index (χ3v) is 7.77. The lowest BCUT2D eigenvalue weighted by Gasteiger charge is -2.30. The minimum absolute atomic E-state index is 0.00649. The minimum atomic E-state index is -0.250. The van der Waals surface area contributed by atoms with Crippen LogP contribution in [0.1, 0.15) is 68.4 Å². The molecule has 0 atom stereocenters. The summed E-state index contributed by atoms with van der Waals surface area (Å²) < 4.78 is 0. The van der Waals surface area contributed by atoms with Crippen LogP contribution < -0.4 is 10.9 Å². The van der Waals surface area contributed by atoms with Crippen molar-refractivity contribution < 1.29 is 9.90 Å². The Hall–Kier alpha value is -4.12. The van der Waals surface area contributed by atoms with Crippen molar-refractivity contribution in [3.63, 3.8) is 0 Å². The molecule has 5 heteroatoms. The zero-order valence-corrected chi connectivity index (χ0v) is 23.9. The molecule has 2 aromatic carbocycles. The van der Waals surface area contributed by atoms with Crippen LogP contribution in [0, 0.1) is 13.8 Å². The Balaban J connectivity index is 0.00000134. The number of aromatic amines is 1. The monoisotopic (exact) mass is 524 g/mol. The average Bonchev–Trinajstić information content (AvgIpc) is 2.90. The highest BCUT2D eigenvalue weighted by molar-refractivity contribution is 5.89. The summed E-state index contributed by atoms with van der Waals surface area (Å²) in [5.41, 5.74) is 11.5.